The highest BCUT2D eigenvalue weighted by molar-refractivity contribution is 5.95. The second kappa shape index (κ2) is 11.2. The first-order chi connectivity index (χ1) is 16.4. The van der Waals surface area contributed by atoms with Gasteiger partial charge < -0.3 is 14.2 Å². The predicted octanol–water partition coefficient (Wildman–Crippen LogP) is 3.99. The topological polar surface area (TPSA) is 129 Å². The minimum atomic E-state index is -0.555. The summed E-state index contributed by atoms with van der Waals surface area (Å²) >= 11 is 0. The van der Waals surface area contributed by atoms with Crippen molar-refractivity contribution in [1.82, 2.24) is 5.43 Å². The second-order valence-electron chi connectivity index (χ2n) is 6.76. The van der Waals surface area contributed by atoms with Crippen LogP contribution in [0.2, 0.25) is 0 Å². The van der Waals surface area contributed by atoms with Crippen LogP contribution in [0.25, 0.3) is 0 Å². The first-order valence-electron chi connectivity index (χ1n) is 10.1. The number of hydrazone groups is 1. The van der Waals surface area contributed by atoms with Crippen LogP contribution < -0.4 is 19.6 Å². The van der Waals surface area contributed by atoms with Gasteiger partial charge in [0.15, 0.2) is 11.5 Å². The minimum Gasteiger partial charge on any atom is -0.497 e. The van der Waals surface area contributed by atoms with E-state index < -0.39 is 16.8 Å². The number of nitro benzene ring substituents is 1. The number of nitro groups is 1. The molecule has 10 heteroatoms. The molecule has 0 aromatic heterocycles. The summed E-state index contributed by atoms with van der Waals surface area (Å²) in [6, 6.07) is 16.5. The third-order valence-corrected chi connectivity index (χ3v) is 4.52. The first kappa shape index (κ1) is 23.9. The Balaban J connectivity index is 1.67. The van der Waals surface area contributed by atoms with Crippen LogP contribution in [0, 0.1) is 10.1 Å². The molecule has 10 nitrogen and oxygen atoms in total. The maximum absolute atomic E-state index is 12.5. The number of carbonyl (C=O) groups is 2. The molecule has 34 heavy (non-hydrogen) atoms. The second-order valence-corrected chi connectivity index (χ2v) is 6.76. The lowest BCUT2D eigenvalue weighted by Crippen LogP contribution is -2.17. The molecule has 0 aliphatic heterocycles. The van der Waals surface area contributed by atoms with Crippen LogP contribution in [0.4, 0.5) is 5.69 Å². The fourth-order valence-corrected chi connectivity index (χ4v) is 2.81. The average molecular weight is 463 g/mol. The maximum Gasteiger partial charge on any atom is 0.343 e. The van der Waals surface area contributed by atoms with Crippen molar-refractivity contribution in [2.24, 2.45) is 5.10 Å². The van der Waals surface area contributed by atoms with E-state index in [0.29, 0.717) is 29.2 Å². The van der Waals surface area contributed by atoms with Gasteiger partial charge in [0.1, 0.15) is 5.75 Å². The Morgan fingerprint density at radius 1 is 1.00 bits per heavy atom. The van der Waals surface area contributed by atoms with Crippen molar-refractivity contribution >= 4 is 23.8 Å². The van der Waals surface area contributed by atoms with Crippen molar-refractivity contribution in [3.63, 3.8) is 0 Å². The van der Waals surface area contributed by atoms with E-state index in [9.17, 15) is 19.7 Å². The van der Waals surface area contributed by atoms with Gasteiger partial charge in [-0.3, -0.25) is 14.9 Å². The summed E-state index contributed by atoms with van der Waals surface area (Å²) in [7, 11) is 1.54. The molecule has 3 rings (SSSR count). The number of carbonyl (C=O) groups excluding carboxylic acids is 2. The van der Waals surface area contributed by atoms with Crippen LogP contribution in [-0.2, 0) is 0 Å². The molecule has 0 saturated heterocycles. The quantitative estimate of drug-likeness (QED) is 0.167. The highest BCUT2D eigenvalue weighted by atomic mass is 16.6. The third kappa shape index (κ3) is 6.16. The molecule has 0 atom stereocenters. The Hall–Kier alpha value is -4.73. The van der Waals surface area contributed by atoms with Gasteiger partial charge in [-0.2, -0.15) is 5.10 Å². The monoisotopic (exact) mass is 463 g/mol. The molecule has 0 fully saturated rings. The summed E-state index contributed by atoms with van der Waals surface area (Å²) in [5.41, 5.74) is 3.39. The zero-order valence-corrected chi connectivity index (χ0v) is 18.4. The number of esters is 1. The Morgan fingerprint density at radius 3 is 2.29 bits per heavy atom. The molecule has 0 spiro atoms. The predicted molar refractivity (Wildman–Crippen MR) is 124 cm³/mol. The highest BCUT2D eigenvalue weighted by Crippen LogP contribution is 2.29. The molecule has 0 radical (unpaired) electrons. The van der Waals surface area contributed by atoms with E-state index in [0.717, 1.165) is 0 Å². The van der Waals surface area contributed by atoms with Gasteiger partial charge >= 0.3 is 5.97 Å². The molecule has 1 N–H and O–H groups in total. The summed E-state index contributed by atoms with van der Waals surface area (Å²) in [6.45, 7) is 2.13. The Bertz CT molecular complexity index is 1210. The number of rotatable bonds is 9. The highest BCUT2D eigenvalue weighted by Gasteiger charge is 2.14. The molecule has 0 heterocycles. The summed E-state index contributed by atoms with van der Waals surface area (Å²) in [6.07, 6.45) is 1.39. The van der Waals surface area contributed by atoms with Crippen LogP contribution in [-0.4, -0.2) is 36.7 Å². The van der Waals surface area contributed by atoms with Gasteiger partial charge in [0.2, 0.25) is 0 Å². The smallest absolute Gasteiger partial charge is 0.343 e. The molecule has 0 bridgehead atoms. The number of ether oxygens (including phenoxy) is 3. The van der Waals surface area contributed by atoms with E-state index >= 15 is 0 Å². The van der Waals surface area contributed by atoms with Gasteiger partial charge in [-0.25, -0.2) is 10.2 Å². The van der Waals surface area contributed by atoms with Crippen LogP contribution in [0.15, 0.2) is 71.8 Å². The average Bonchev–Trinajstić information content (AvgIpc) is 2.85. The molecule has 0 saturated carbocycles. The van der Waals surface area contributed by atoms with Crippen molar-refractivity contribution in [2.45, 2.75) is 6.92 Å². The lowest BCUT2D eigenvalue weighted by molar-refractivity contribution is -0.384. The van der Waals surface area contributed by atoms with Crippen molar-refractivity contribution in [2.75, 3.05) is 13.7 Å². The Kier molecular flexibility index (Phi) is 7.90. The molecule has 3 aromatic carbocycles. The van der Waals surface area contributed by atoms with Gasteiger partial charge in [-0.1, -0.05) is 0 Å². The lowest BCUT2D eigenvalue weighted by atomic mass is 10.2. The number of nitrogens with one attached hydrogen (secondary N) is 1. The third-order valence-electron chi connectivity index (χ3n) is 4.52. The summed E-state index contributed by atoms with van der Waals surface area (Å²) in [5.74, 6) is 0.0993. The molecule has 0 aliphatic carbocycles. The van der Waals surface area contributed by atoms with Gasteiger partial charge in [0.25, 0.3) is 11.6 Å². The van der Waals surface area contributed by atoms with E-state index in [2.05, 4.69) is 10.5 Å². The molecule has 0 unspecified atom stereocenters. The Morgan fingerprint density at radius 2 is 1.68 bits per heavy atom. The van der Waals surface area contributed by atoms with E-state index in [1.807, 2.05) is 0 Å². The van der Waals surface area contributed by atoms with E-state index in [1.165, 1.54) is 37.6 Å². The number of nitrogens with zero attached hydrogens (tertiary/aromatic N) is 2. The van der Waals surface area contributed by atoms with Crippen molar-refractivity contribution < 1.29 is 28.7 Å². The SMILES string of the molecule is CCOc1cc(/C=N\NC(=O)c2ccc([N+](=O)[O-])cc2)ccc1OC(=O)c1ccc(OC)cc1. The number of non-ortho nitro benzene ring substituents is 1. The summed E-state index contributed by atoms with van der Waals surface area (Å²) in [4.78, 5) is 34.8. The maximum atomic E-state index is 12.5. The number of benzene rings is 3. The van der Waals surface area contributed by atoms with E-state index in [1.54, 1.807) is 49.4 Å². The van der Waals surface area contributed by atoms with Gasteiger partial charge in [0, 0.05) is 17.7 Å². The fraction of sp³-hybridized carbons (Fsp3) is 0.125. The van der Waals surface area contributed by atoms with Gasteiger partial charge in [-0.15, -0.1) is 0 Å². The molecule has 3 aromatic rings. The minimum absolute atomic E-state index is 0.115. The molecular weight excluding hydrogens is 442 g/mol. The normalized spacial score (nSPS) is 10.5. The van der Waals surface area contributed by atoms with E-state index in [-0.39, 0.29) is 17.0 Å². The van der Waals surface area contributed by atoms with Crippen molar-refractivity contribution in [3.05, 3.63) is 93.5 Å². The zero-order valence-electron chi connectivity index (χ0n) is 18.4. The standard InChI is InChI=1S/C24H21N3O7/c1-3-33-22-14-16(15-25-26-23(28)17-5-9-19(10-6-17)27(30)31)4-13-21(22)34-24(29)18-7-11-20(32-2)12-8-18/h4-15H,3H2,1-2H3,(H,26,28)/b25-15-. The number of methoxy groups -OCH3 is 1. The first-order valence-corrected chi connectivity index (χ1v) is 10.1. The fourth-order valence-electron chi connectivity index (χ4n) is 2.81. The van der Waals surface area contributed by atoms with Crippen LogP contribution >= 0.6 is 0 Å². The zero-order chi connectivity index (χ0) is 24.5. The van der Waals surface area contributed by atoms with Gasteiger partial charge in [-0.05, 0) is 67.1 Å². The number of hydrogen-bond donors (Lipinski definition) is 1. The van der Waals surface area contributed by atoms with E-state index in [4.69, 9.17) is 14.2 Å². The molecular formula is C24H21N3O7. The lowest BCUT2D eigenvalue weighted by Gasteiger charge is -2.11. The summed E-state index contributed by atoms with van der Waals surface area (Å²) < 4.78 is 16.1. The molecule has 1 amide bonds. The number of amides is 1. The van der Waals surface area contributed by atoms with Crippen molar-refractivity contribution in [3.8, 4) is 17.2 Å². The Labute approximate surface area is 194 Å². The van der Waals surface area contributed by atoms with Crippen LogP contribution in [0.3, 0.4) is 0 Å². The number of hydrogen-bond acceptors (Lipinski definition) is 8. The van der Waals surface area contributed by atoms with Gasteiger partial charge in [0.05, 0.1) is 30.4 Å². The molecule has 0 aliphatic rings. The van der Waals surface area contributed by atoms with Crippen molar-refractivity contribution in [1.29, 1.82) is 0 Å². The van der Waals surface area contributed by atoms with Crippen LogP contribution in [0.5, 0.6) is 17.2 Å². The molecule has 174 valence electrons. The summed E-state index contributed by atoms with van der Waals surface area (Å²) in [5, 5.41) is 14.6. The van der Waals surface area contributed by atoms with Crippen LogP contribution in [0.1, 0.15) is 33.2 Å². The largest absolute Gasteiger partial charge is 0.497 e.